The molecule has 2 fully saturated rings. The molecule has 0 unspecified atom stereocenters. The highest BCUT2D eigenvalue weighted by molar-refractivity contribution is 7.88. The fraction of sp³-hybridized carbons (Fsp3) is 0.647. The predicted octanol–water partition coefficient (Wildman–Crippen LogP) is 1.34. The van der Waals surface area contributed by atoms with Gasteiger partial charge in [-0.2, -0.15) is 13.2 Å². The Balaban J connectivity index is 0.000000370. The second-order valence-electron chi connectivity index (χ2n) is 7.03. The van der Waals surface area contributed by atoms with E-state index in [0.29, 0.717) is 19.7 Å². The minimum absolute atomic E-state index is 0.200. The summed E-state index contributed by atoms with van der Waals surface area (Å²) in [4.78, 5) is 15.6. The van der Waals surface area contributed by atoms with Crippen molar-refractivity contribution >= 4 is 16.0 Å². The number of hydrogen-bond donors (Lipinski definition) is 1. The van der Waals surface area contributed by atoms with Crippen molar-refractivity contribution in [1.29, 1.82) is 0 Å². The zero-order chi connectivity index (χ0) is 21.7. The third kappa shape index (κ3) is 7.21. The summed E-state index contributed by atoms with van der Waals surface area (Å²) in [5.41, 5.74) is 0.863. The summed E-state index contributed by atoms with van der Waals surface area (Å²) in [6.45, 7) is 4.37. The number of piperidine rings is 1. The second-order valence-corrected chi connectivity index (χ2v) is 9.01. The van der Waals surface area contributed by atoms with Gasteiger partial charge >= 0.3 is 12.1 Å². The maximum atomic E-state index is 11.6. The molecule has 0 bridgehead atoms. The predicted molar refractivity (Wildman–Crippen MR) is 97.5 cm³/mol. The molecule has 1 spiro atoms. The van der Waals surface area contributed by atoms with Gasteiger partial charge in [0.25, 0.3) is 0 Å². The van der Waals surface area contributed by atoms with Crippen molar-refractivity contribution < 1.29 is 36.2 Å². The first-order valence-electron chi connectivity index (χ1n) is 8.93. The molecule has 0 atom stereocenters. The maximum absolute atomic E-state index is 11.6. The van der Waals surface area contributed by atoms with Crippen molar-refractivity contribution in [2.75, 3.05) is 39.0 Å². The fourth-order valence-electron chi connectivity index (χ4n) is 3.31. The number of sulfonamides is 1. The molecular formula is C17H24F3N3O5S. The fourth-order valence-corrected chi connectivity index (χ4v) is 4.15. The Kier molecular flexibility index (Phi) is 7.60. The summed E-state index contributed by atoms with van der Waals surface area (Å²) in [5, 5.41) is 7.12. The lowest BCUT2D eigenvalue weighted by Crippen LogP contribution is -2.57. The molecule has 0 amide bonds. The average molecular weight is 439 g/mol. The molecule has 12 heteroatoms. The van der Waals surface area contributed by atoms with Gasteiger partial charge in [0.15, 0.2) is 0 Å². The van der Waals surface area contributed by atoms with E-state index < -0.39 is 22.2 Å². The van der Waals surface area contributed by atoms with Crippen LogP contribution in [0.25, 0.3) is 0 Å². The Morgan fingerprint density at radius 3 is 2.38 bits per heavy atom. The van der Waals surface area contributed by atoms with E-state index in [2.05, 4.69) is 9.88 Å². The van der Waals surface area contributed by atoms with E-state index in [4.69, 9.17) is 14.6 Å². The number of halogens is 3. The molecule has 3 rings (SSSR count). The van der Waals surface area contributed by atoms with Gasteiger partial charge in [0, 0.05) is 38.9 Å². The number of aliphatic carboxylic acids is 1. The molecule has 164 valence electrons. The van der Waals surface area contributed by atoms with Crippen LogP contribution in [0.15, 0.2) is 24.4 Å². The van der Waals surface area contributed by atoms with E-state index in [-0.39, 0.29) is 5.60 Å². The van der Waals surface area contributed by atoms with Crippen LogP contribution in [0.5, 0.6) is 0 Å². The normalized spacial score (nSPS) is 20.7. The van der Waals surface area contributed by atoms with Crippen LogP contribution in [0.4, 0.5) is 13.2 Å². The van der Waals surface area contributed by atoms with Crippen LogP contribution in [0, 0.1) is 0 Å². The van der Waals surface area contributed by atoms with Gasteiger partial charge in [-0.15, -0.1) is 0 Å². The number of morpholine rings is 1. The van der Waals surface area contributed by atoms with Crippen LogP contribution in [0.1, 0.15) is 18.5 Å². The molecule has 3 heterocycles. The molecule has 2 aliphatic heterocycles. The average Bonchev–Trinajstić information content (AvgIpc) is 2.62. The lowest BCUT2D eigenvalue weighted by molar-refractivity contribution is -0.192. The van der Waals surface area contributed by atoms with Gasteiger partial charge in [0.2, 0.25) is 10.0 Å². The Morgan fingerprint density at radius 1 is 1.28 bits per heavy atom. The largest absolute Gasteiger partial charge is 0.490 e. The molecule has 0 saturated carbocycles. The van der Waals surface area contributed by atoms with E-state index in [1.54, 1.807) is 4.31 Å². The van der Waals surface area contributed by atoms with Crippen LogP contribution in [-0.4, -0.2) is 84.5 Å². The number of nitrogens with zero attached hydrogens (tertiary/aromatic N) is 3. The van der Waals surface area contributed by atoms with Crippen molar-refractivity contribution in [1.82, 2.24) is 14.2 Å². The van der Waals surface area contributed by atoms with Crippen molar-refractivity contribution in [3.8, 4) is 0 Å². The summed E-state index contributed by atoms with van der Waals surface area (Å²) < 4.78 is 62.6. The Labute approximate surface area is 167 Å². The van der Waals surface area contributed by atoms with Gasteiger partial charge in [-0.25, -0.2) is 17.5 Å². The number of carbonyl (C=O) groups is 1. The highest BCUT2D eigenvalue weighted by Gasteiger charge is 2.41. The van der Waals surface area contributed by atoms with Crippen LogP contribution in [0.2, 0.25) is 0 Å². The van der Waals surface area contributed by atoms with Gasteiger partial charge in [-0.3, -0.25) is 9.88 Å². The number of hydrogen-bond acceptors (Lipinski definition) is 6. The van der Waals surface area contributed by atoms with E-state index in [1.807, 2.05) is 24.4 Å². The number of alkyl halides is 3. The molecule has 1 aromatic rings. The maximum Gasteiger partial charge on any atom is 0.490 e. The molecule has 2 aliphatic rings. The van der Waals surface area contributed by atoms with Crippen LogP contribution >= 0.6 is 0 Å². The van der Waals surface area contributed by atoms with E-state index >= 15 is 0 Å². The summed E-state index contributed by atoms with van der Waals surface area (Å²) in [6.07, 6.45) is -0.464. The van der Waals surface area contributed by atoms with E-state index in [9.17, 15) is 21.6 Å². The van der Waals surface area contributed by atoms with Gasteiger partial charge in [-0.05, 0) is 25.0 Å². The SMILES string of the molecule is CS(=O)(=O)N1CCC2(CC1)CN(Cc1ccccn1)CCO2.O=C(O)C(F)(F)F. The molecule has 2 saturated heterocycles. The van der Waals surface area contributed by atoms with Gasteiger partial charge in [0.05, 0.1) is 24.2 Å². The third-order valence-electron chi connectivity index (χ3n) is 4.78. The first-order valence-corrected chi connectivity index (χ1v) is 10.8. The summed E-state index contributed by atoms with van der Waals surface area (Å²) in [5.74, 6) is -2.76. The number of carboxylic acids is 1. The topological polar surface area (TPSA) is 100 Å². The van der Waals surface area contributed by atoms with E-state index in [1.165, 1.54) is 6.26 Å². The van der Waals surface area contributed by atoms with Gasteiger partial charge in [0.1, 0.15) is 0 Å². The minimum Gasteiger partial charge on any atom is -0.475 e. The van der Waals surface area contributed by atoms with E-state index in [0.717, 1.165) is 38.2 Å². The molecule has 29 heavy (non-hydrogen) atoms. The highest BCUT2D eigenvalue weighted by atomic mass is 32.2. The number of rotatable bonds is 3. The van der Waals surface area contributed by atoms with Crippen molar-refractivity contribution in [3.63, 3.8) is 0 Å². The van der Waals surface area contributed by atoms with Crippen LogP contribution in [-0.2, 0) is 26.1 Å². The Hall–Kier alpha value is -1.76. The zero-order valence-corrected chi connectivity index (χ0v) is 16.7. The first-order chi connectivity index (χ1) is 13.4. The molecule has 0 aromatic carbocycles. The third-order valence-corrected chi connectivity index (χ3v) is 6.09. The molecule has 8 nitrogen and oxygen atoms in total. The number of pyridine rings is 1. The Morgan fingerprint density at radius 2 is 1.90 bits per heavy atom. The second kappa shape index (κ2) is 9.37. The molecule has 1 aromatic heterocycles. The monoisotopic (exact) mass is 439 g/mol. The minimum atomic E-state index is -5.08. The molecule has 1 N–H and O–H groups in total. The number of ether oxygens (including phenoxy) is 1. The van der Waals surface area contributed by atoms with Crippen LogP contribution < -0.4 is 0 Å². The smallest absolute Gasteiger partial charge is 0.475 e. The number of carboxylic acid groups (broad SMARTS) is 1. The molecule has 0 aliphatic carbocycles. The summed E-state index contributed by atoms with van der Waals surface area (Å²) in [6, 6.07) is 5.96. The van der Waals surface area contributed by atoms with Crippen LogP contribution in [0.3, 0.4) is 0 Å². The standard InChI is InChI=1S/C15H23N3O3S.C2HF3O2/c1-22(19,20)18-8-5-15(6-9-18)13-17(10-11-21-15)12-14-4-2-3-7-16-14;3-2(4,5)1(6)7/h2-4,7H,5-6,8-13H2,1H3;(H,6,7). The lowest BCUT2D eigenvalue weighted by Gasteiger charge is -2.46. The van der Waals surface area contributed by atoms with Gasteiger partial charge in [-0.1, -0.05) is 6.07 Å². The first kappa shape index (κ1) is 23.5. The molecule has 0 radical (unpaired) electrons. The lowest BCUT2D eigenvalue weighted by atomic mass is 9.90. The molecular weight excluding hydrogens is 415 g/mol. The highest BCUT2D eigenvalue weighted by Crippen LogP contribution is 2.31. The van der Waals surface area contributed by atoms with Crippen molar-refractivity contribution in [2.24, 2.45) is 0 Å². The van der Waals surface area contributed by atoms with Crippen molar-refractivity contribution in [3.05, 3.63) is 30.1 Å². The summed E-state index contributed by atoms with van der Waals surface area (Å²) >= 11 is 0. The summed E-state index contributed by atoms with van der Waals surface area (Å²) in [7, 11) is -3.09. The quantitative estimate of drug-likeness (QED) is 0.759. The number of aromatic nitrogens is 1. The zero-order valence-electron chi connectivity index (χ0n) is 15.9. The van der Waals surface area contributed by atoms with Crippen molar-refractivity contribution in [2.45, 2.75) is 31.2 Å². The Bertz CT molecular complexity index is 781. The van der Waals surface area contributed by atoms with Gasteiger partial charge < -0.3 is 9.84 Å².